The van der Waals surface area contributed by atoms with E-state index in [0.29, 0.717) is 57.3 Å². The second kappa shape index (κ2) is 27.9. The molecule has 1 aromatic carbocycles. The molecule has 0 radical (unpaired) electrons. The van der Waals surface area contributed by atoms with Gasteiger partial charge in [-0.05, 0) is 151 Å². The largest absolute Gasteiger partial charge is 0.480 e. The van der Waals surface area contributed by atoms with Crippen molar-refractivity contribution in [2.75, 3.05) is 52.8 Å². The van der Waals surface area contributed by atoms with Crippen LogP contribution in [0.25, 0.3) is 0 Å². The highest BCUT2D eigenvalue weighted by Crippen LogP contribution is 2.41. The highest BCUT2D eigenvalue weighted by molar-refractivity contribution is 5.99. The first-order chi connectivity index (χ1) is 39.9. The summed E-state index contributed by atoms with van der Waals surface area (Å²) in [5.41, 5.74) is -4.87. The number of carboxylic acid groups (broad SMARTS) is 1. The van der Waals surface area contributed by atoms with Gasteiger partial charge in [-0.25, -0.2) is 24.5 Å². The first kappa shape index (κ1) is 68.5. The fourth-order valence-electron chi connectivity index (χ4n) is 10.0. The summed E-state index contributed by atoms with van der Waals surface area (Å²) in [5, 5.41) is 40.0. The zero-order valence-electron chi connectivity index (χ0n) is 49.2. The second-order valence-corrected chi connectivity index (χ2v) is 22.7. The van der Waals surface area contributed by atoms with Crippen LogP contribution in [0.4, 0.5) is 62.7 Å². The van der Waals surface area contributed by atoms with Crippen LogP contribution in [0.15, 0.2) is 48.5 Å². The molecule has 0 spiro atoms. The van der Waals surface area contributed by atoms with Gasteiger partial charge in [-0.2, -0.15) is 55.3 Å². The number of nitrogens with zero attached hydrogens (tertiary/aromatic N) is 10. The molecule has 4 aromatic rings. The van der Waals surface area contributed by atoms with Gasteiger partial charge in [0, 0.05) is 49.5 Å². The van der Waals surface area contributed by atoms with Crippen LogP contribution in [-0.2, 0) is 47.2 Å². The second-order valence-electron chi connectivity index (χ2n) is 22.7. The lowest BCUT2D eigenvalue weighted by Crippen LogP contribution is -2.45. The van der Waals surface area contributed by atoms with Crippen LogP contribution in [-0.4, -0.2) is 112 Å². The normalized spacial score (nSPS) is 18.6. The number of carboxylic acids is 1. The SMILES string of the molecule is CC(C)(C)OC(=O)[C@@H]1CCCN1.Cc1cc(C(F)(F)F)c(C#N)c(N2CCC[C@H]2C(=O)N(C)c2ccccc2)n1.Cc1cc(C(F)(F)F)c(C#N)c(N2CCC[C@H]2C(=O)O)n1.Cc1cc(C(F)(F)F)c(C#N)c(N2CCC[C@H]2C(=O)OC(C)(C)C)n1. The summed E-state index contributed by atoms with van der Waals surface area (Å²) in [6.45, 7) is 17.0. The lowest BCUT2D eigenvalue weighted by molar-refractivity contribution is -0.157. The zero-order valence-corrected chi connectivity index (χ0v) is 49.2. The number of alkyl halides is 9. The number of carbonyl (C=O) groups excluding carboxylic acids is 3. The van der Waals surface area contributed by atoms with Crippen molar-refractivity contribution in [3.63, 3.8) is 0 Å². The third-order valence-corrected chi connectivity index (χ3v) is 13.7. The molecule has 4 aliphatic heterocycles. The molecule has 27 heteroatoms. The fraction of sp³-hybridized carbons (Fsp3) is 0.525. The molecular weight excluding hydrogens is 1150 g/mol. The Morgan fingerprint density at radius 2 is 0.930 bits per heavy atom. The molecule has 4 aliphatic rings. The van der Waals surface area contributed by atoms with Crippen molar-refractivity contribution in [1.29, 1.82) is 15.8 Å². The van der Waals surface area contributed by atoms with Crippen molar-refractivity contribution in [3.05, 3.63) is 99.0 Å². The number of amides is 1. The number of aliphatic carboxylic acids is 1. The molecule has 0 unspecified atom stereocenters. The number of hydrogen-bond donors (Lipinski definition) is 2. The molecule has 4 saturated heterocycles. The van der Waals surface area contributed by atoms with Crippen molar-refractivity contribution in [3.8, 4) is 18.2 Å². The summed E-state index contributed by atoms with van der Waals surface area (Å²) in [7, 11) is 1.63. The molecule has 18 nitrogen and oxygen atoms in total. The molecule has 3 aromatic heterocycles. The number of rotatable bonds is 8. The number of carbonyl (C=O) groups is 4. The highest BCUT2D eigenvalue weighted by Gasteiger charge is 2.44. The molecule has 2 N–H and O–H groups in total. The molecule has 4 fully saturated rings. The van der Waals surface area contributed by atoms with Crippen molar-refractivity contribution in [2.45, 2.75) is 168 Å². The summed E-state index contributed by atoms with van der Waals surface area (Å²) >= 11 is 0. The molecule has 0 bridgehead atoms. The van der Waals surface area contributed by atoms with Crippen LogP contribution >= 0.6 is 0 Å². The molecule has 0 saturated carbocycles. The number of nitrogens with one attached hydrogen (secondary N) is 1. The van der Waals surface area contributed by atoms with Gasteiger partial charge >= 0.3 is 36.4 Å². The standard InChI is InChI=1S/C20H19F3N4O.C17H20F3N3O2.C13H12F3N3O2.C9H17NO2/c1-13-11-16(20(21,22)23)15(12-24)18(25-13)27-10-6-9-17(27)19(28)26(2)14-7-4-3-5-8-14;1-10-8-12(17(18,19)20)11(9-21)14(22-10)23-7-5-6-13(23)15(24)25-16(2,3)4;1-7-5-9(13(14,15)16)8(6-17)11(18-7)19-4-2-3-10(19)12(20)21;1-9(2,3)12-8(11)7-5-4-6-10-7/h3-5,7-8,11,17H,6,9-10H2,1-2H3;8,13H,5-7H2,1-4H3;5,10H,2-4H2,1H3,(H,20,21);7,10H,4-6H2,1-3H3/t17-;13-;10-;7-/m0000/s1. The van der Waals surface area contributed by atoms with Gasteiger partial charge in [-0.1, -0.05) is 18.2 Å². The number of anilines is 4. The highest BCUT2D eigenvalue weighted by atomic mass is 19.4. The molecule has 7 heterocycles. The van der Waals surface area contributed by atoms with Crippen molar-refractivity contribution in [2.24, 2.45) is 0 Å². The number of likely N-dealkylation sites (N-methyl/N-ethyl adjacent to an activating group) is 1. The van der Waals surface area contributed by atoms with Crippen LogP contribution in [0.5, 0.6) is 0 Å². The Morgan fingerprint density at radius 1 is 0.570 bits per heavy atom. The minimum Gasteiger partial charge on any atom is -0.480 e. The first-order valence-corrected chi connectivity index (χ1v) is 27.4. The Kier molecular flexibility index (Phi) is 22.2. The van der Waals surface area contributed by atoms with Crippen LogP contribution in [0, 0.1) is 54.8 Å². The minimum absolute atomic E-state index is 0.0655. The minimum atomic E-state index is -4.69. The number of para-hydroxylation sites is 1. The smallest absolute Gasteiger partial charge is 0.417 e. The van der Waals surface area contributed by atoms with E-state index in [1.807, 2.05) is 26.8 Å². The fourth-order valence-corrected chi connectivity index (χ4v) is 10.0. The van der Waals surface area contributed by atoms with Gasteiger partial charge in [0.1, 0.15) is 87.7 Å². The maximum absolute atomic E-state index is 13.4. The van der Waals surface area contributed by atoms with Crippen LogP contribution in [0.3, 0.4) is 0 Å². The van der Waals surface area contributed by atoms with E-state index in [0.717, 1.165) is 37.6 Å². The van der Waals surface area contributed by atoms with Gasteiger partial charge < -0.3 is 39.5 Å². The molecule has 86 heavy (non-hydrogen) atoms. The van der Waals surface area contributed by atoms with Gasteiger partial charge in [0.25, 0.3) is 0 Å². The van der Waals surface area contributed by atoms with E-state index in [4.69, 9.17) is 19.8 Å². The van der Waals surface area contributed by atoms with E-state index < -0.39 is 87.6 Å². The predicted octanol–water partition coefficient (Wildman–Crippen LogP) is 10.9. The van der Waals surface area contributed by atoms with Gasteiger partial charge in [0.05, 0.1) is 16.7 Å². The average molecular weight is 1210 g/mol. The zero-order chi connectivity index (χ0) is 64.4. The van der Waals surface area contributed by atoms with Crippen molar-refractivity contribution < 1.29 is 73.3 Å². The number of nitriles is 3. The van der Waals surface area contributed by atoms with Crippen LogP contribution < -0.4 is 24.9 Å². The number of benzene rings is 1. The van der Waals surface area contributed by atoms with E-state index in [9.17, 15) is 69.2 Å². The lowest BCUT2D eigenvalue weighted by Gasteiger charge is -2.30. The molecule has 1 amide bonds. The Morgan fingerprint density at radius 3 is 1.28 bits per heavy atom. The Hall–Kier alpha value is -8.25. The van der Waals surface area contributed by atoms with E-state index in [1.165, 1.54) is 46.4 Å². The van der Waals surface area contributed by atoms with E-state index in [-0.39, 0.29) is 64.6 Å². The number of aryl methyl sites for hydroxylation is 3. The van der Waals surface area contributed by atoms with E-state index in [1.54, 1.807) is 64.2 Å². The Balaban J connectivity index is 0.000000217. The summed E-state index contributed by atoms with van der Waals surface area (Å²) in [5.74, 6) is -2.39. The average Bonchev–Trinajstić information content (AvgIpc) is 2.28. The van der Waals surface area contributed by atoms with Crippen LogP contribution in [0.2, 0.25) is 0 Å². The topological polar surface area (TPSA) is 242 Å². The number of pyridine rings is 3. The van der Waals surface area contributed by atoms with Gasteiger partial charge in [-0.3, -0.25) is 9.59 Å². The predicted molar refractivity (Wildman–Crippen MR) is 297 cm³/mol. The Labute approximate surface area is 492 Å². The third-order valence-electron chi connectivity index (χ3n) is 13.7. The number of hydrogen-bond acceptors (Lipinski definition) is 16. The molecular formula is C59H68F9N11O7. The van der Waals surface area contributed by atoms with Crippen molar-refractivity contribution >= 4 is 47.0 Å². The first-order valence-electron chi connectivity index (χ1n) is 27.4. The monoisotopic (exact) mass is 1210 g/mol. The van der Waals surface area contributed by atoms with Gasteiger partial charge in [0.15, 0.2) is 0 Å². The molecule has 464 valence electrons. The number of halogens is 9. The molecule has 0 aliphatic carbocycles. The van der Waals surface area contributed by atoms with Crippen LogP contribution in [0.1, 0.15) is 143 Å². The van der Waals surface area contributed by atoms with Gasteiger partial charge in [0.2, 0.25) is 5.91 Å². The van der Waals surface area contributed by atoms with E-state index in [2.05, 4.69) is 20.3 Å². The van der Waals surface area contributed by atoms with Gasteiger partial charge in [-0.15, -0.1) is 0 Å². The third kappa shape index (κ3) is 17.7. The lowest BCUT2D eigenvalue weighted by atomic mass is 10.1. The number of aromatic nitrogens is 3. The van der Waals surface area contributed by atoms with E-state index >= 15 is 0 Å². The van der Waals surface area contributed by atoms with Crippen molar-refractivity contribution in [1.82, 2.24) is 20.3 Å². The Bertz CT molecular complexity index is 3230. The maximum atomic E-state index is 13.4. The molecule has 8 rings (SSSR count). The summed E-state index contributed by atoms with van der Waals surface area (Å²) in [6.07, 6.45) is -9.05. The number of esters is 2. The maximum Gasteiger partial charge on any atom is 0.417 e. The summed E-state index contributed by atoms with van der Waals surface area (Å²) in [6, 6.07) is 13.8. The number of ether oxygens (including phenoxy) is 2. The summed E-state index contributed by atoms with van der Waals surface area (Å²) in [4.78, 5) is 66.0. The quantitative estimate of drug-likeness (QED) is 0.123. The molecule has 4 atom stereocenters. The summed E-state index contributed by atoms with van der Waals surface area (Å²) < 4.78 is 130.